The van der Waals surface area contributed by atoms with Gasteiger partial charge >= 0.3 is 0 Å². The van der Waals surface area contributed by atoms with Gasteiger partial charge in [-0.25, -0.2) is 0 Å². The zero-order chi connectivity index (χ0) is 15.9. The lowest BCUT2D eigenvalue weighted by atomic mass is 10.1. The van der Waals surface area contributed by atoms with Crippen molar-refractivity contribution in [1.29, 1.82) is 0 Å². The average Bonchev–Trinajstić information content (AvgIpc) is 2.47. The van der Waals surface area contributed by atoms with E-state index in [0.29, 0.717) is 16.7 Å². The van der Waals surface area contributed by atoms with E-state index in [1.807, 2.05) is 39.0 Å². The van der Waals surface area contributed by atoms with Crippen LogP contribution in [-0.2, 0) is 0 Å². The minimum atomic E-state index is -0.347. The van der Waals surface area contributed by atoms with Crippen molar-refractivity contribution in [3.05, 3.63) is 63.4 Å². The van der Waals surface area contributed by atoms with Gasteiger partial charge in [0.2, 0.25) is 5.88 Å². The second-order valence-corrected chi connectivity index (χ2v) is 5.43. The first-order valence-corrected chi connectivity index (χ1v) is 7.00. The molecule has 1 aromatic heterocycles. The van der Waals surface area contributed by atoms with Crippen LogP contribution in [0.25, 0.3) is 10.8 Å². The van der Waals surface area contributed by atoms with Crippen molar-refractivity contribution in [1.82, 2.24) is 9.89 Å². The lowest BCUT2D eigenvalue weighted by molar-refractivity contribution is 0.445. The van der Waals surface area contributed by atoms with Crippen molar-refractivity contribution >= 4 is 10.8 Å². The van der Waals surface area contributed by atoms with Crippen molar-refractivity contribution in [3.63, 3.8) is 0 Å². The number of hydrogen-bond acceptors (Lipinski definition) is 4. The highest BCUT2D eigenvalue weighted by molar-refractivity contribution is 5.86. The number of aromatic nitrogens is 2. The molecule has 0 spiro atoms. The van der Waals surface area contributed by atoms with E-state index in [1.165, 1.54) is 5.56 Å². The molecule has 0 aliphatic carbocycles. The molecule has 3 aromatic rings. The highest BCUT2D eigenvalue weighted by Gasteiger charge is 2.13. The number of ether oxygens (including phenoxy) is 1. The van der Waals surface area contributed by atoms with Crippen LogP contribution in [0, 0.1) is 20.8 Å². The SMILES string of the molecule is Cc1cc(C)c(Oc2nn(N)c(=O)c3ccccc23)c(C)c1. The summed E-state index contributed by atoms with van der Waals surface area (Å²) in [5.74, 6) is 6.72. The van der Waals surface area contributed by atoms with Crippen LogP contribution in [0.4, 0.5) is 0 Å². The molecule has 2 aromatic carbocycles. The highest BCUT2D eigenvalue weighted by atomic mass is 16.5. The molecule has 112 valence electrons. The smallest absolute Gasteiger partial charge is 0.293 e. The largest absolute Gasteiger partial charge is 0.436 e. The van der Waals surface area contributed by atoms with Crippen molar-refractivity contribution in [2.24, 2.45) is 0 Å². The Hall–Kier alpha value is -2.82. The summed E-state index contributed by atoms with van der Waals surface area (Å²) in [5.41, 5.74) is 2.85. The molecule has 0 radical (unpaired) electrons. The van der Waals surface area contributed by atoms with Gasteiger partial charge in [-0.2, -0.15) is 0 Å². The molecule has 0 aliphatic rings. The van der Waals surface area contributed by atoms with Gasteiger partial charge in [-0.05, 0) is 44.0 Å². The number of nitrogen functional groups attached to an aromatic ring is 1. The first kappa shape index (κ1) is 14.1. The lowest BCUT2D eigenvalue weighted by Crippen LogP contribution is -2.30. The standard InChI is InChI=1S/C17H17N3O2/c1-10-8-11(2)15(12(3)9-10)22-16-13-6-4-5-7-14(13)17(21)20(18)19-16/h4-9H,18H2,1-3H3. The van der Waals surface area contributed by atoms with Crippen LogP contribution in [0.1, 0.15) is 16.7 Å². The van der Waals surface area contributed by atoms with Gasteiger partial charge in [-0.1, -0.05) is 29.8 Å². The molecule has 0 saturated carbocycles. The Kier molecular flexibility index (Phi) is 3.33. The van der Waals surface area contributed by atoms with Gasteiger partial charge in [0, 0.05) is 0 Å². The molecule has 2 N–H and O–H groups in total. The minimum absolute atomic E-state index is 0.327. The number of hydrogen-bond donors (Lipinski definition) is 1. The van der Waals surface area contributed by atoms with E-state index in [1.54, 1.807) is 18.2 Å². The topological polar surface area (TPSA) is 70.1 Å². The quantitative estimate of drug-likeness (QED) is 0.738. The van der Waals surface area contributed by atoms with E-state index in [0.717, 1.165) is 21.7 Å². The van der Waals surface area contributed by atoms with Crippen molar-refractivity contribution in [3.8, 4) is 11.6 Å². The van der Waals surface area contributed by atoms with E-state index in [4.69, 9.17) is 10.6 Å². The minimum Gasteiger partial charge on any atom is -0.436 e. The van der Waals surface area contributed by atoms with Crippen LogP contribution >= 0.6 is 0 Å². The van der Waals surface area contributed by atoms with E-state index < -0.39 is 0 Å². The van der Waals surface area contributed by atoms with Gasteiger partial charge in [-0.15, -0.1) is 9.89 Å². The van der Waals surface area contributed by atoms with E-state index in [2.05, 4.69) is 5.10 Å². The van der Waals surface area contributed by atoms with Gasteiger partial charge in [0.1, 0.15) is 5.75 Å². The third-order valence-corrected chi connectivity index (χ3v) is 3.60. The number of aryl methyl sites for hydroxylation is 3. The summed E-state index contributed by atoms with van der Waals surface area (Å²) in [6, 6.07) is 11.2. The Balaban J connectivity index is 2.21. The molecule has 5 heteroatoms. The van der Waals surface area contributed by atoms with Gasteiger partial charge in [0.25, 0.3) is 5.56 Å². The summed E-state index contributed by atoms with van der Waals surface area (Å²) >= 11 is 0. The third-order valence-electron chi connectivity index (χ3n) is 3.60. The molecule has 1 heterocycles. The van der Waals surface area contributed by atoms with Gasteiger partial charge < -0.3 is 10.6 Å². The number of fused-ring (bicyclic) bond motifs is 1. The Morgan fingerprint density at radius 1 is 1.05 bits per heavy atom. The Labute approximate surface area is 127 Å². The highest BCUT2D eigenvalue weighted by Crippen LogP contribution is 2.31. The van der Waals surface area contributed by atoms with E-state index in [9.17, 15) is 4.79 Å². The van der Waals surface area contributed by atoms with Gasteiger partial charge in [0.15, 0.2) is 0 Å². The van der Waals surface area contributed by atoms with Crippen molar-refractivity contribution < 1.29 is 4.74 Å². The number of benzene rings is 2. The van der Waals surface area contributed by atoms with Crippen LogP contribution < -0.4 is 16.1 Å². The average molecular weight is 295 g/mol. The molecule has 0 aliphatic heterocycles. The van der Waals surface area contributed by atoms with E-state index in [-0.39, 0.29) is 5.56 Å². The predicted octanol–water partition coefficient (Wildman–Crippen LogP) is 2.83. The second-order valence-electron chi connectivity index (χ2n) is 5.43. The second kappa shape index (κ2) is 5.18. The first-order chi connectivity index (χ1) is 10.5. The lowest BCUT2D eigenvalue weighted by Gasteiger charge is -2.14. The van der Waals surface area contributed by atoms with Gasteiger partial charge in [0.05, 0.1) is 10.8 Å². The zero-order valence-electron chi connectivity index (χ0n) is 12.8. The molecule has 22 heavy (non-hydrogen) atoms. The number of nitrogens with zero attached hydrogens (tertiary/aromatic N) is 2. The summed E-state index contributed by atoms with van der Waals surface area (Å²) in [4.78, 5) is 12.8. The Bertz CT molecular complexity index is 906. The van der Waals surface area contributed by atoms with E-state index >= 15 is 0 Å². The van der Waals surface area contributed by atoms with Crippen LogP contribution in [0.2, 0.25) is 0 Å². The summed E-state index contributed by atoms with van der Waals surface area (Å²) in [7, 11) is 0. The van der Waals surface area contributed by atoms with Crippen molar-refractivity contribution in [2.75, 3.05) is 5.84 Å². The monoisotopic (exact) mass is 295 g/mol. The Morgan fingerprint density at radius 3 is 2.27 bits per heavy atom. The third kappa shape index (κ3) is 2.30. The molecule has 0 bridgehead atoms. The van der Waals surface area contributed by atoms with Crippen LogP contribution in [0.5, 0.6) is 11.6 Å². The first-order valence-electron chi connectivity index (χ1n) is 7.00. The molecular weight excluding hydrogens is 278 g/mol. The zero-order valence-corrected chi connectivity index (χ0v) is 12.8. The molecule has 0 atom stereocenters. The fourth-order valence-corrected chi connectivity index (χ4v) is 2.68. The Morgan fingerprint density at radius 2 is 1.64 bits per heavy atom. The maximum Gasteiger partial charge on any atom is 0.293 e. The molecule has 0 unspecified atom stereocenters. The molecule has 0 saturated heterocycles. The molecular formula is C17H17N3O2. The number of nitrogens with two attached hydrogens (primary N) is 1. The summed E-state index contributed by atoms with van der Waals surface area (Å²) in [6.07, 6.45) is 0. The fraction of sp³-hybridized carbons (Fsp3) is 0.176. The fourth-order valence-electron chi connectivity index (χ4n) is 2.68. The molecule has 3 rings (SSSR count). The predicted molar refractivity (Wildman–Crippen MR) is 86.9 cm³/mol. The molecule has 0 amide bonds. The molecule has 0 fully saturated rings. The summed E-state index contributed by atoms with van der Waals surface area (Å²) in [5, 5.41) is 5.19. The van der Waals surface area contributed by atoms with Crippen LogP contribution in [0.15, 0.2) is 41.2 Å². The maximum atomic E-state index is 12.0. The van der Waals surface area contributed by atoms with Crippen molar-refractivity contribution in [2.45, 2.75) is 20.8 Å². The van der Waals surface area contributed by atoms with Crippen LogP contribution in [0.3, 0.4) is 0 Å². The normalized spacial score (nSPS) is 10.9. The van der Waals surface area contributed by atoms with Crippen LogP contribution in [-0.4, -0.2) is 9.89 Å². The molecule has 5 nitrogen and oxygen atoms in total. The number of rotatable bonds is 2. The van der Waals surface area contributed by atoms with Gasteiger partial charge in [-0.3, -0.25) is 4.79 Å². The summed E-state index contributed by atoms with van der Waals surface area (Å²) in [6.45, 7) is 6.00. The maximum absolute atomic E-state index is 12.0. The summed E-state index contributed by atoms with van der Waals surface area (Å²) < 4.78 is 5.99.